The first kappa shape index (κ1) is 30.5. The summed E-state index contributed by atoms with van der Waals surface area (Å²) in [6.45, 7) is 8.18. The average molecular weight is 594 g/mol. The van der Waals surface area contributed by atoms with Crippen LogP contribution >= 0.6 is 23.1 Å². The van der Waals surface area contributed by atoms with Crippen LogP contribution in [0, 0.1) is 11.8 Å². The second-order valence-electron chi connectivity index (χ2n) is 10.0. The number of carbonyl (C=O) groups is 2. The lowest BCUT2D eigenvalue weighted by Gasteiger charge is -2.28. The molecule has 13 heteroatoms. The van der Waals surface area contributed by atoms with Crippen molar-refractivity contribution in [2.24, 2.45) is 31.8 Å². The number of nitrogens with one attached hydrogen (secondary N) is 1. The fraction of sp³-hybridized carbons (Fsp3) is 0.500. The largest absolute Gasteiger partial charge is 0.301 e. The molecule has 1 saturated carbocycles. The Labute approximate surface area is 248 Å². The van der Waals surface area contributed by atoms with Crippen molar-refractivity contribution in [2.45, 2.75) is 70.8 Å². The van der Waals surface area contributed by atoms with Crippen molar-refractivity contribution in [3.63, 3.8) is 0 Å². The zero-order chi connectivity index (χ0) is 29.0. The SMILES string of the molecule is C=NC(=CN=CC)CC(=O)Nc1nnc(C2CCCC(C3=NCCC(C)C(=NC(C=O)Cc4cnccn4)S3)C2)s1. The molecule has 1 aliphatic heterocycles. The van der Waals surface area contributed by atoms with E-state index in [0.717, 1.165) is 65.7 Å². The van der Waals surface area contributed by atoms with Gasteiger partial charge in [0.05, 0.1) is 27.9 Å². The van der Waals surface area contributed by atoms with Crippen molar-refractivity contribution in [1.29, 1.82) is 0 Å². The van der Waals surface area contributed by atoms with Gasteiger partial charge >= 0.3 is 0 Å². The first-order chi connectivity index (χ1) is 20.0. The van der Waals surface area contributed by atoms with Crippen molar-refractivity contribution in [3.8, 4) is 0 Å². The number of amides is 1. The fourth-order valence-corrected chi connectivity index (χ4v) is 6.92. The Morgan fingerprint density at radius 3 is 2.85 bits per heavy atom. The number of hydrogen-bond donors (Lipinski definition) is 1. The Bertz CT molecular complexity index is 1320. The highest BCUT2D eigenvalue weighted by molar-refractivity contribution is 8.26. The van der Waals surface area contributed by atoms with Crippen molar-refractivity contribution in [3.05, 3.63) is 41.2 Å². The van der Waals surface area contributed by atoms with E-state index in [0.29, 0.717) is 17.2 Å². The molecule has 11 nitrogen and oxygen atoms in total. The Balaban J connectivity index is 1.40. The Morgan fingerprint density at radius 1 is 1.24 bits per heavy atom. The monoisotopic (exact) mass is 593 g/mol. The first-order valence-electron chi connectivity index (χ1n) is 13.8. The number of nitrogens with zero attached hydrogens (tertiary/aromatic N) is 8. The van der Waals surface area contributed by atoms with Crippen LogP contribution in [0.5, 0.6) is 0 Å². The fourth-order valence-electron chi connectivity index (χ4n) is 4.75. The minimum absolute atomic E-state index is 0.0598. The normalized spacial score (nSPS) is 23.6. The first-order valence-corrected chi connectivity index (χ1v) is 15.4. The van der Waals surface area contributed by atoms with Crippen molar-refractivity contribution in [1.82, 2.24) is 20.2 Å². The van der Waals surface area contributed by atoms with Gasteiger partial charge in [-0.05, 0) is 39.3 Å². The maximum absolute atomic E-state index is 12.5. The zero-order valence-electron chi connectivity index (χ0n) is 23.3. The van der Waals surface area contributed by atoms with Crippen LogP contribution in [0.4, 0.5) is 5.13 Å². The molecule has 216 valence electrons. The lowest BCUT2D eigenvalue weighted by atomic mass is 9.82. The average Bonchev–Trinajstić information content (AvgIpc) is 3.38. The lowest BCUT2D eigenvalue weighted by Crippen LogP contribution is -2.22. The van der Waals surface area contributed by atoms with E-state index in [1.807, 2.05) is 0 Å². The predicted molar refractivity (Wildman–Crippen MR) is 166 cm³/mol. The van der Waals surface area contributed by atoms with Crippen LogP contribution in [0.15, 0.2) is 50.5 Å². The molecule has 1 fully saturated rings. The summed E-state index contributed by atoms with van der Waals surface area (Å²) in [7, 11) is 0. The molecule has 41 heavy (non-hydrogen) atoms. The van der Waals surface area contributed by atoms with E-state index in [4.69, 9.17) is 9.98 Å². The van der Waals surface area contributed by atoms with Crippen LogP contribution < -0.4 is 5.32 Å². The summed E-state index contributed by atoms with van der Waals surface area (Å²) in [5.74, 6) is 0.512. The van der Waals surface area contributed by atoms with Crippen LogP contribution in [-0.2, 0) is 16.0 Å². The number of carbonyl (C=O) groups excluding carboxylic acids is 2. The molecule has 1 N–H and O–H groups in total. The molecule has 4 rings (SSSR count). The van der Waals surface area contributed by atoms with Gasteiger partial charge in [0.2, 0.25) is 11.0 Å². The standard InChI is InChI=1S/C28H35N9O2S2/c1-4-30-15-21(29-3)14-24(39)35-28-37-36-27(41-28)20-7-5-6-19(12-20)26-33-9-8-18(2)25(40-26)34-23(17-38)13-22-16-31-10-11-32-22/h4,10-11,15-20,23H,3,5-9,12-14H2,1-2H3,(H,35,37,39). The molecule has 0 aromatic carbocycles. The smallest absolute Gasteiger partial charge is 0.232 e. The third-order valence-corrected chi connectivity index (χ3v) is 9.31. The molecule has 2 aliphatic rings. The van der Waals surface area contributed by atoms with Gasteiger partial charge in [-0.15, -0.1) is 10.2 Å². The van der Waals surface area contributed by atoms with E-state index in [2.05, 4.69) is 49.1 Å². The van der Waals surface area contributed by atoms with E-state index < -0.39 is 6.04 Å². The molecule has 1 amide bonds. The second kappa shape index (κ2) is 15.5. The quantitative estimate of drug-likeness (QED) is 0.287. The molecule has 0 saturated heterocycles. The summed E-state index contributed by atoms with van der Waals surface area (Å²) in [4.78, 5) is 50.4. The minimum Gasteiger partial charge on any atom is -0.301 e. The number of aliphatic imine (C=N–C) groups is 4. The summed E-state index contributed by atoms with van der Waals surface area (Å²) in [5, 5.41) is 14.9. The van der Waals surface area contributed by atoms with Crippen molar-refractivity contribution in [2.75, 3.05) is 11.9 Å². The summed E-state index contributed by atoms with van der Waals surface area (Å²) >= 11 is 3.05. The van der Waals surface area contributed by atoms with E-state index in [1.54, 1.807) is 43.5 Å². The van der Waals surface area contributed by atoms with Crippen molar-refractivity contribution < 1.29 is 9.59 Å². The highest BCUT2D eigenvalue weighted by Gasteiger charge is 2.32. The van der Waals surface area contributed by atoms with Gasteiger partial charge in [0, 0.05) is 61.7 Å². The second-order valence-corrected chi connectivity index (χ2v) is 12.0. The Morgan fingerprint density at radius 2 is 2.10 bits per heavy atom. The van der Waals surface area contributed by atoms with Crippen LogP contribution in [0.3, 0.4) is 0 Å². The third-order valence-electron chi connectivity index (χ3n) is 6.92. The molecule has 0 bridgehead atoms. The number of rotatable bonds is 11. The molecule has 2 aromatic rings. The predicted octanol–water partition coefficient (Wildman–Crippen LogP) is 4.94. The molecule has 4 atom stereocenters. The summed E-state index contributed by atoms with van der Waals surface area (Å²) < 4.78 is 0. The molecular weight excluding hydrogens is 559 g/mol. The van der Waals surface area contributed by atoms with Gasteiger partial charge in [-0.3, -0.25) is 34.7 Å². The number of anilines is 1. The topological polar surface area (TPSA) is 147 Å². The van der Waals surface area contributed by atoms with Gasteiger partial charge in [0.1, 0.15) is 17.3 Å². The van der Waals surface area contributed by atoms with Gasteiger partial charge in [-0.2, -0.15) is 0 Å². The third kappa shape index (κ3) is 9.02. The van der Waals surface area contributed by atoms with E-state index >= 15 is 0 Å². The van der Waals surface area contributed by atoms with Gasteiger partial charge in [0.15, 0.2) is 0 Å². The summed E-state index contributed by atoms with van der Waals surface area (Å²) in [6, 6.07) is -0.502. The van der Waals surface area contributed by atoms with E-state index in [1.165, 1.54) is 17.5 Å². The molecule has 2 aromatic heterocycles. The minimum atomic E-state index is -0.502. The maximum atomic E-state index is 12.5. The zero-order valence-corrected chi connectivity index (χ0v) is 25.0. The molecular formula is C28H35N9O2S2. The number of hydrogen-bond acceptors (Lipinski definition) is 12. The molecule has 4 unspecified atom stereocenters. The maximum Gasteiger partial charge on any atom is 0.232 e. The number of aldehydes is 1. The molecule has 1 aliphatic carbocycles. The number of aromatic nitrogens is 4. The van der Waals surface area contributed by atoms with Crippen LogP contribution in [0.1, 0.15) is 69.0 Å². The Kier molecular flexibility index (Phi) is 11.6. The number of thioether (sulfide) groups is 1. The van der Waals surface area contributed by atoms with Gasteiger partial charge in [-0.25, -0.2) is 0 Å². The van der Waals surface area contributed by atoms with Crippen LogP contribution in [0.2, 0.25) is 0 Å². The van der Waals surface area contributed by atoms with Gasteiger partial charge < -0.3 is 10.1 Å². The van der Waals surface area contributed by atoms with Gasteiger partial charge in [0.25, 0.3) is 0 Å². The van der Waals surface area contributed by atoms with E-state index in [-0.39, 0.29) is 30.1 Å². The molecule has 0 spiro atoms. The molecule has 3 heterocycles. The van der Waals surface area contributed by atoms with Crippen LogP contribution in [0.25, 0.3) is 0 Å². The lowest BCUT2D eigenvalue weighted by molar-refractivity contribution is -0.115. The van der Waals surface area contributed by atoms with Gasteiger partial charge in [-0.1, -0.05) is 36.4 Å². The van der Waals surface area contributed by atoms with E-state index in [9.17, 15) is 9.59 Å². The highest BCUT2D eigenvalue weighted by atomic mass is 32.2. The van der Waals surface area contributed by atoms with Crippen LogP contribution in [-0.4, -0.2) is 68.0 Å². The summed E-state index contributed by atoms with van der Waals surface area (Å²) in [6.07, 6.45) is 14.4. The Hall–Kier alpha value is -3.45. The molecule has 0 radical (unpaired) electrons. The van der Waals surface area contributed by atoms with Crippen molar-refractivity contribution >= 4 is 63.4 Å². The summed E-state index contributed by atoms with van der Waals surface area (Å²) in [5.41, 5.74) is 1.23. The highest BCUT2D eigenvalue weighted by Crippen LogP contribution is 2.41.